The van der Waals surface area contributed by atoms with Gasteiger partial charge in [0.15, 0.2) is 4.80 Å². The van der Waals surface area contributed by atoms with Crippen molar-refractivity contribution >= 4 is 78.3 Å². The smallest absolute Gasteiger partial charge is 0.271 e. The quantitative estimate of drug-likeness (QED) is 0.158. The molecule has 1 aliphatic heterocycles. The molecule has 7 nitrogen and oxygen atoms in total. The molecule has 10 heteroatoms. The molecule has 2 heterocycles. The van der Waals surface area contributed by atoms with Gasteiger partial charge in [0.1, 0.15) is 18.1 Å². The van der Waals surface area contributed by atoms with E-state index in [-0.39, 0.29) is 11.5 Å². The maximum absolute atomic E-state index is 14.4. The van der Waals surface area contributed by atoms with Crippen LogP contribution in [-0.4, -0.2) is 17.6 Å². The number of methoxy groups -OCH3 is 1. The standard InChI is InChI=1S/C39H29BrIN3O4S/c1-23-34(37(45)43-29-14-4-3-5-15-29)35(25-12-9-16-30(19-25)47-2)44-38(46)33(49-39(44)42-23)20-27-18-28(40)21-32(41)36(27)48-22-26-13-8-11-24-10-6-7-17-31(24)26/h3-21,35H,22H2,1-2H3,(H,43,45)/b33-20-/t35-/m1/s1. The maximum atomic E-state index is 14.4. The van der Waals surface area contributed by atoms with Crippen molar-refractivity contribution < 1.29 is 14.3 Å². The fraction of sp³-hybridized carbons (Fsp3) is 0.103. The zero-order chi connectivity index (χ0) is 34.1. The van der Waals surface area contributed by atoms with Crippen LogP contribution in [0.4, 0.5) is 5.69 Å². The monoisotopic (exact) mass is 841 g/mol. The first-order valence-corrected chi connectivity index (χ1v) is 18.1. The van der Waals surface area contributed by atoms with Crippen LogP contribution >= 0.6 is 49.9 Å². The average Bonchev–Trinajstić information content (AvgIpc) is 3.41. The summed E-state index contributed by atoms with van der Waals surface area (Å²) in [4.78, 5) is 33.7. The third kappa shape index (κ3) is 6.72. The van der Waals surface area contributed by atoms with Crippen molar-refractivity contribution in [2.45, 2.75) is 19.6 Å². The molecule has 0 aliphatic carbocycles. The number of carbonyl (C=O) groups is 1. The van der Waals surface area contributed by atoms with Crippen molar-refractivity contribution in [2.75, 3.05) is 12.4 Å². The number of ether oxygens (including phenoxy) is 2. The van der Waals surface area contributed by atoms with Gasteiger partial charge in [0.25, 0.3) is 11.5 Å². The van der Waals surface area contributed by atoms with Gasteiger partial charge in [-0.05, 0) is 93.9 Å². The van der Waals surface area contributed by atoms with Crippen molar-refractivity contribution in [2.24, 2.45) is 4.99 Å². The highest BCUT2D eigenvalue weighted by Gasteiger charge is 2.33. The second-order valence-electron chi connectivity index (χ2n) is 11.4. The van der Waals surface area contributed by atoms with E-state index in [1.807, 2.05) is 91.0 Å². The van der Waals surface area contributed by atoms with Gasteiger partial charge in [-0.15, -0.1) is 0 Å². The van der Waals surface area contributed by atoms with E-state index in [9.17, 15) is 9.59 Å². The average molecular weight is 843 g/mol. The molecule has 1 aromatic heterocycles. The van der Waals surface area contributed by atoms with Crippen LogP contribution in [0, 0.1) is 3.57 Å². The topological polar surface area (TPSA) is 81.9 Å². The highest BCUT2D eigenvalue weighted by Crippen LogP contribution is 2.34. The van der Waals surface area contributed by atoms with Crippen LogP contribution < -0.4 is 29.7 Å². The number of hydrogen-bond donors (Lipinski definition) is 1. The van der Waals surface area contributed by atoms with Gasteiger partial charge in [-0.3, -0.25) is 14.2 Å². The number of benzene rings is 5. The van der Waals surface area contributed by atoms with E-state index in [1.165, 1.54) is 11.3 Å². The lowest BCUT2D eigenvalue weighted by atomic mass is 9.95. The van der Waals surface area contributed by atoms with Crippen LogP contribution in [0.25, 0.3) is 16.8 Å². The number of nitrogens with zero attached hydrogens (tertiary/aromatic N) is 2. The predicted molar refractivity (Wildman–Crippen MR) is 207 cm³/mol. The van der Waals surface area contributed by atoms with Gasteiger partial charge < -0.3 is 14.8 Å². The lowest BCUT2D eigenvalue weighted by Gasteiger charge is -2.25. The Morgan fingerprint density at radius 3 is 2.57 bits per heavy atom. The van der Waals surface area contributed by atoms with Crippen LogP contribution in [-0.2, 0) is 11.4 Å². The number of hydrogen-bond acceptors (Lipinski definition) is 6. The summed E-state index contributed by atoms with van der Waals surface area (Å²) in [6.07, 6.45) is 1.85. The molecule has 0 fully saturated rings. The molecule has 6 aromatic rings. The molecule has 1 N–H and O–H groups in total. The highest BCUT2D eigenvalue weighted by atomic mass is 127. The Morgan fingerprint density at radius 1 is 1.00 bits per heavy atom. The number of rotatable bonds is 8. The first kappa shape index (κ1) is 33.0. The summed E-state index contributed by atoms with van der Waals surface area (Å²) in [7, 11) is 1.59. The summed E-state index contributed by atoms with van der Waals surface area (Å²) in [6, 6.07) is 34.3. The minimum Gasteiger partial charge on any atom is -0.497 e. The van der Waals surface area contributed by atoms with Gasteiger partial charge in [0.2, 0.25) is 0 Å². The summed E-state index contributed by atoms with van der Waals surface area (Å²) in [5.41, 5.74) is 3.85. The molecule has 1 aliphatic rings. The molecule has 1 amide bonds. The Balaban J connectivity index is 1.33. The fourth-order valence-corrected chi connectivity index (χ4v) is 8.75. The number of aromatic nitrogens is 1. The molecule has 0 bridgehead atoms. The molecule has 5 aromatic carbocycles. The number of thiazole rings is 1. The first-order chi connectivity index (χ1) is 23.8. The van der Waals surface area contributed by atoms with Gasteiger partial charge in [-0.25, -0.2) is 4.99 Å². The van der Waals surface area contributed by atoms with Crippen molar-refractivity contribution in [1.29, 1.82) is 0 Å². The van der Waals surface area contributed by atoms with Gasteiger partial charge in [0, 0.05) is 15.7 Å². The predicted octanol–water partition coefficient (Wildman–Crippen LogP) is 7.98. The zero-order valence-corrected chi connectivity index (χ0v) is 31.0. The normalized spacial score (nSPS) is 14.4. The molecule has 0 saturated heterocycles. The van der Waals surface area contributed by atoms with Crippen LogP contribution in [0.1, 0.15) is 29.7 Å². The van der Waals surface area contributed by atoms with E-state index in [1.54, 1.807) is 18.6 Å². The minimum atomic E-state index is -0.734. The number of carbonyl (C=O) groups excluding carboxylic acids is 1. The van der Waals surface area contributed by atoms with E-state index in [0.29, 0.717) is 44.4 Å². The minimum absolute atomic E-state index is 0.260. The van der Waals surface area contributed by atoms with Gasteiger partial charge >= 0.3 is 0 Å². The Morgan fingerprint density at radius 2 is 1.76 bits per heavy atom. The highest BCUT2D eigenvalue weighted by molar-refractivity contribution is 14.1. The molecule has 49 heavy (non-hydrogen) atoms. The zero-order valence-electron chi connectivity index (χ0n) is 26.4. The number of halogens is 2. The molecule has 1 atom stereocenters. The van der Waals surface area contributed by atoms with Gasteiger partial charge in [-0.2, -0.15) is 0 Å². The van der Waals surface area contributed by atoms with E-state index in [2.05, 4.69) is 68.1 Å². The number of anilines is 1. The molecule has 0 spiro atoms. The second kappa shape index (κ2) is 14.1. The Hall–Kier alpha value is -4.52. The number of fused-ring (bicyclic) bond motifs is 2. The SMILES string of the molecule is COc1cccc([C@@H]2C(C(=O)Nc3ccccc3)=C(C)N=c3s/c(=C\c4cc(Br)cc(I)c4OCc4cccc5ccccc45)c(=O)n32)c1. The lowest BCUT2D eigenvalue weighted by Crippen LogP contribution is -2.40. The van der Waals surface area contributed by atoms with Gasteiger partial charge in [-0.1, -0.05) is 100 Å². The van der Waals surface area contributed by atoms with Crippen molar-refractivity contribution in [1.82, 2.24) is 4.57 Å². The van der Waals surface area contributed by atoms with Crippen LogP contribution in [0.15, 0.2) is 135 Å². The van der Waals surface area contributed by atoms with E-state index >= 15 is 0 Å². The third-order valence-electron chi connectivity index (χ3n) is 8.28. The molecule has 244 valence electrons. The summed E-state index contributed by atoms with van der Waals surface area (Å²) < 4.78 is 15.9. The van der Waals surface area contributed by atoms with E-state index in [0.717, 1.165) is 35.5 Å². The molecular weight excluding hydrogens is 813 g/mol. The molecule has 0 radical (unpaired) electrons. The van der Waals surface area contributed by atoms with Gasteiger partial charge in [0.05, 0.1) is 32.5 Å². The first-order valence-electron chi connectivity index (χ1n) is 15.4. The van der Waals surface area contributed by atoms with Crippen LogP contribution in [0.5, 0.6) is 11.5 Å². The summed E-state index contributed by atoms with van der Waals surface area (Å²) in [5.74, 6) is 0.958. The van der Waals surface area contributed by atoms with Crippen molar-refractivity contribution in [3.05, 3.63) is 165 Å². The maximum Gasteiger partial charge on any atom is 0.271 e. The number of amides is 1. The van der Waals surface area contributed by atoms with E-state index in [4.69, 9.17) is 14.5 Å². The molecular formula is C39H29BrIN3O4S. The summed E-state index contributed by atoms with van der Waals surface area (Å²) in [5, 5.41) is 5.27. The van der Waals surface area contributed by atoms with Crippen LogP contribution in [0.3, 0.4) is 0 Å². The number of nitrogens with one attached hydrogen (secondary N) is 1. The Kier molecular flexibility index (Phi) is 9.53. The second-order valence-corrected chi connectivity index (χ2v) is 14.5. The molecule has 0 saturated carbocycles. The van der Waals surface area contributed by atoms with Crippen molar-refractivity contribution in [3.63, 3.8) is 0 Å². The largest absolute Gasteiger partial charge is 0.497 e. The van der Waals surface area contributed by atoms with E-state index < -0.39 is 6.04 Å². The number of allylic oxidation sites excluding steroid dienone is 1. The third-order valence-corrected chi connectivity index (χ3v) is 10.5. The molecule has 7 rings (SSSR count). The molecule has 0 unspecified atom stereocenters. The Labute approximate surface area is 308 Å². The lowest BCUT2D eigenvalue weighted by molar-refractivity contribution is -0.113. The fourth-order valence-electron chi connectivity index (χ4n) is 6.01. The Bertz CT molecular complexity index is 2450. The summed E-state index contributed by atoms with van der Waals surface area (Å²) in [6.45, 7) is 2.16. The van der Waals surface area contributed by atoms with Crippen LogP contribution in [0.2, 0.25) is 0 Å². The summed E-state index contributed by atoms with van der Waals surface area (Å²) >= 11 is 7.18. The van der Waals surface area contributed by atoms with Crippen molar-refractivity contribution in [3.8, 4) is 11.5 Å². The number of para-hydroxylation sites is 1.